The van der Waals surface area contributed by atoms with E-state index in [4.69, 9.17) is 18.7 Å². The first-order chi connectivity index (χ1) is 16.5. The highest BCUT2D eigenvalue weighted by Gasteiger charge is 2.50. The number of epoxide rings is 1. The van der Waals surface area contributed by atoms with Crippen LogP contribution in [0.1, 0.15) is 56.8 Å². The molecule has 2 amide bonds. The van der Waals surface area contributed by atoms with Crippen LogP contribution in [-0.2, 0) is 35.0 Å². The Bertz CT molecular complexity index is 893. The third-order valence-electron chi connectivity index (χ3n) is 5.79. The average molecular weight is 496 g/mol. The number of hydrogen-bond acceptors (Lipinski definition) is 9. The minimum absolute atomic E-state index is 0.0370. The Hall–Kier alpha value is -2.63. The van der Waals surface area contributed by atoms with Gasteiger partial charge in [0, 0.05) is 33.1 Å². The van der Waals surface area contributed by atoms with Gasteiger partial charge in [0.25, 0.3) is 5.91 Å². The largest absolute Gasteiger partial charge is 0.384 e. The number of carbonyl (C=O) groups excluding carboxylic acids is 4. The Labute approximate surface area is 205 Å². The van der Waals surface area contributed by atoms with Crippen LogP contribution in [0.15, 0.2) is 10.6 Å². The molecule has 1 aromatic rings. The molecule has 11 nitrogen and oxygen atoms in total. The van der Waals surface area contributed by atoms with E-state index in [1.807, 2.05) is 20.8 Å². The molecule has 1 aromatic heterocycles. The summed E-state index contributed by atoms with van der Waals surface area (Å²) in [6.45, 7) is 7.66. The van der Waals surface area contributed by atoms with Crippen LogP contribution in [0.25, 0.3) is 0 Å². The summed E-state index contributed by atoms with van der Waals surface area (Å²) in [6, 6.07) is -0.243. The van der Waals surface area contributed by atoms with Crippen molar-refractivity contribution in [3.8, 4) is 0 Å². The Morgan fingerprint density at radius 2 is 1.77 bits per heavy atom. The highest BCUT2D eigenvalue weighted by atomic mass is 16.6. The number of aryl methyl sites for hydroxylation is 1. The molecule has 1 aliphatic rings. The molecule has 2 heterocycles. The zero-order valence-electron chi connectivity index (χ0n) is 21.3. The number of rotatable bonds is 16. The minimum atomic E-state index is -1.01. The Balaban J connectivity index is 2.08. The molecule has 0 radical (unpaired) electrons. The van der Waals surface area contributed by atoms with Crippen LogP contribution in [0, 0.1) is 11.8 Å². The number of nitrogens with zero attached hydrogens (tertiary/aromatic N) is 1. The number of ether oxygens (including phenoxy) is 3. The summed E-state index contributed by atoms with van der Waals surface area (Å²) in [7, 11) is 2.82. The van der Waals surface area contributed by atoms with Gasteiger partial charge in [0.1, 0.15) is 17.4 Å². The number of ketones is 2. The lowest BCUT2D eigenvalue weighted by molar-refractivity contribution is -0.135. The van der Waals surface area contributed by atoms with Gasteiger partial charge in [-0.15, -0.1) is 0 Å². The van der Waals surface area contributed by atoms with Gasteiger partial charge < -0.3 is 29.4 Å². The van der Waals surface area contributed by atoms with E-state index in [0.717, 1.165) is 0 Å². The van der Waals surface area contributed by atoms with Crippen LogP contribution < -0.4 is 10.6 Å². The van der Waals surface area contributed by atoms with Crippen molar-refractivity contribution in [3.63, 3.8) is 0 Å². The first-order valence-corrected chi connectivity index (χ1v) is 11.8. The summed E-state index contributed by atoms with van der Waals surface area (Å²) < 4.78 is 20.6. The van der Waals surface area contributed by atoms with Gasteiger partial charge in [0.05, 0.1) is 31.8 Å². The molecule has 0 aliphatic carbocycles. The van der Waals surface area contributed by atoms with Gasteiger partial charge >= 0.3 is 0 Å². The Morgan fingerprint density at radius 1 is 1.11 bits per heavy atom. The predicted octanol–water partition coefficient (Wildman–Crippen LogP) is 1.09. The molecule has 0 bridgehead atoms. The van der Waals surface area contributed by atoms with Crippen molar-refractivity contribution in [2.45, 2.75) is 64.6 Å². The van der Waals surface area contributed by atoms with Crippen molar-refractivity contribution in [1.82, 2.24) is 15.8 Å². The maximum atomic E-state index is 13.1. The molecule has 2 rings (SSSR count). The van der Waals surface area contributed by atoms with E-state index in [-0.39, 0.29) is 37.0 Å². The minimum Gasteiger partial charge on any atom is -0.384 e. The van der Waals surface area contributed by atoms with Gasteiger partial charge in [-0.3, -0.25) is 19.2 Å². The second-order valence-electron chi connectivity index (χ2n) is 9.41. The predicted molar refractivity (Wildman–Crippen MR) is 125 cm³/mol. The standard InChI is InChI=1S/C24H37N3O8/c1-7-16-10-18(27-35-16)23(31)26-19(12-33-6)20(28)9-15(11-32-5)22(30)25-17(8-14(2)3)21(29)24(4)13-34-24/h10,14-15,17,19H,7-9,11-13H2,1-6H3,(H,25,30)(H,26,31)/t15-,17-,19-,24+/m0/s1. The molecule has 1 saturated heterocycles. The highest BCUT2D eigenvalue weighted by molar-refractivity contribution is 5.99. The van der Waals surface area contributed by atoms with Crippen molar-refractivity contribution in [3.05, 3.63) is 17.5 Å². The fraction of sp³-hybridized carbons (Fsp3) is 0.708. The van der Waals surface area contributed by atoms with Gasteiger partial charge in [-0.1, -0.05) is 25.9 Å². The monoisotopic (exact) mass is 495 g/mol. The summed E-state index contributed by atoms with van der Waals surface area (Å²) in [5.41, 5.74) is -0.834. The van der Waals surface area contributed by atoms with Crippen molar-refractivity contribution >= 4 is 23.4 Å². The Kier molecular flexibility index (Phi) is 10.5. The molecule has 35 heavy (non-hydrogen) atoms. The first-order valence-electron chi connectivity index (χ1n) is 11.8. The smallest absolute Gasteiger partial charge is 0.274 e. The molecule has 1 aliphatic heterocycles. The quantitative estimate of drug-likeness (QED) is 0.321. The highest BCUT2D eigenvalue weighted by Crippen LogP contribution is 2.29. The third kappa shape index (κ3) is 8.22. The number of amides is 2. The lowest BCUT2D eigenvalue weighted by atomic mass is 9.92. The van der Waals surface area contributed by atoms with E-state index in [0.29, 0.717) is 25.2 Å². The van der Waals surface area contributed by atoms with Gasteiger partial charge in [-0.2, -0.15) is 0 Å². The number of Topliss-reactive ketones (excluding diaryl/α,β-unsaturated/α-hetero) is 2. The normalized spacial score (nSPS) is 19.6. The summed E-state index contributed by atoms with van der Waals surface area (Å²) in [5.74, 6) is -1.84. The van der Waals surface area contributed by atoms with E-state index in [2.05, 4.69) is 15.8 Å². The fourth-order valence-electron chi connectivity index (χ4n) is 3.63. The van der Waals surface area contributed by atoms with E-state index >= 15 is 0 Å². The van der Waals surface area contributed by atoms with E-state index in [1.165, 1.54) is 20.3 Å². The molecule has 11 heteroatoms. The zero-order chi connectivity index (χ0) is 26.2. The number of aromatic nitrogens is 1. The molecule has 0 saturated carbocycles. The summed E-state index contributed by atoms with van der Waals surface area (Å²) >= 11 is 0. The maximum absolute atomic E-state index is 13.1. The van der Waals surface area contributed by atoms with Crippen LogP contribution >= 0.6 is 0 Å². The number of nitrogens with one attached hydrogen (secondary N) is 2. The first kappa shape index (κ1) is 28.6. The molecular weight excluding hydrogens is 458 g/mol. The number of hydrogen-bond donors (Lipinski definition) is 2. The van der Waals surface area contributed by atoms with Gasteiger partial charge in [0.15, 0.2) is 17.3 Å². The topological polar surface area (TPSA) is 149 Å². The lowest BCUT2D eigenvalue weighted by Crippen LogP contribution is -2.50. The lowest BCUT2D eigenvalue weighted by Gasteiger charge is -2.25. The van der Waals surface area contributed by atoms with Crippen molar-refractivity contribution < 1.29 is 37.9 Å². The van der Waals surface area contributed by atoms with Gasteiger partial charge in [0.2, 0.25) is 5.91 Å². The summed E-state index contributed by atoms with van der Waals surface area (Å²) in [4.78, 5) is 51.5. The van der Waals surface area contributed by atoms with Crippen LogP contribution in [0.2, 0.25) is 0 Å². The van der Waals surface area contributed by atoms with Crippen LogP contribution in [-0.4, -0.2) is 80.3 Å². The van der Waals surface area contributed by atoms with E-state index in [9.17, 15) is 19.2 Å². The summed E-state index contributed by atoms with van der Waals surface area (Å²) in [6.07, 6.45) is 0.792. The average Bonchev–Trinajstić information content (AvgIpc) is 3.37. The maximum Gasteiger partial charge on any atom is 0.274 e. The third-order valence-corrected chi connectivity index (χ3v) is 5.79. The molecule has 0 spiro atoms. The molecule has 196 valence electrons. The van der Waals surface area contributed by atoms with Crippen molar-refractivity contribution in [2.24, 2.45) is 11.8 Å². The van der Waals surface area contributed by atoms with Crippen LogP contribution in [0.5, 0.6) is 0 Å². The molecule has 4 atom stereocenters. The van der Waals surface area contributed by atoms with Crippen LogP contribution in [0.3, 0.4) is 0 Å². The molecular formula is C24H37N3O8. The zero-order valence-corrected chi connectivity index (χ0v) is 21.3. The number of carbonyl (C=O) groups is 4. The summed E-state index contributed by atoms with van der Waals surface area (Å²) in [5, 5.41) is 9.09. The van der Waals surface area contributed by atoms with Crippen molar-refractivity contribution in [2.75, 3.05) is 34.0 Å². The molecule has 0 aromatic carbocycles. The number of methoxy groups -OCH3 is 2. The van der Waals surface area contributed by atoms with Crippen molar-refractivity contribution in [1.29, 1.82) is 0 Å². The molecule has 0 unspecified atom stereocenters. The van der Waals surface area contributed by atoms with E-state index in [1.54, 1.807) is 6.92 Å². The molecule has 2 N–H and O–H groups in total. The molecule has 1 fully saturated rings. The van der Waals surface area contributed by atoms with Crippen LogP contribution in [0.4, 0.5) is 0 Å². The Morgan fingerprint density at radius 3 is 2.29 bits per heavy atom. The fourth-order valence-corrected chi connectivity index (χ4v) is 3.63. The second-order valence-corrected chi connectivity index (χ2v) is 9.41. The van der Waals surface area contributed by atoms with E-state index < -0.39 is 41.2 Å². The van der Waals surface area contributed by atoms with Gasteiger partial charge in [-0.25, -0.2) is 0 Å². The second kappa shape index (κ2) is 12.9. The van der Waals surface area contributed by atoms with Gasteiger partial charge in [-0.05, 0) is 19.3 Å². The SMILES string of the molecule is CCc1cc(C(=O)N[C@@H](COC)C(=O)C[C@@H](COC)C(=O)N[C@@H](CC(C)C)C(=O)[C@@]2(C)CO2)no1.